The molecule has 1 amide bonds. The van der Waals surface area contributed by atoms with Gasteiger partial charge in [-0.05, 0) is 62.8 Å². The third-order valence-electron chi connectivity index (χ3n) is 5.62. The van der Waals surface area contributed by atoms with E-state index in [9.17, 15) is 4.79 Å². The van der Waals surface area contributed by atoms with E-state index in [1.807, 2.05) is 38.1 Å². The second-order valence-corrected chi connectivity index (χ2v) is 7.88. The molecule has 28 heavy (non-hydrogen) atoms. The number of para-hydroxylation sites is 2. The van der Waals surface area contributed by atoms with E-state index in [1.54, 1.807) is 0 Å². The summed E-state index contributed by atoms with van der Waals surface area (Å²) in [6, 6.07) is 12.7. The molecular formula is C23H27N3O2. The zero-order valence-electron chi connectivity index (χ0n) is 16.8. The Bertz CT molecular complexity index is 944. The zero-order valence-corrected chi connectivity index (χ0v) is 16.8. The van der Waals surface area contributed by atoms with Gasteiger partial charge in [-0.25, -0.2) is 0 Å². The van der Waals surface area contributed by atoms with Crippen LogP contribution in [-0.4, -0.2) is 30.5 Å². The number of amides is 1. The Kier molecular flexibility index (Phi) is 5.07. The molecule has 0 bridgehead atoms. The first-order valence-electron chi connectivity index (χ1n) is 9.98. The van der Waals surface area contributed by atoms with Gasteiger partial charge < -0.3 is 14.6 Å². The molecule has 1 aliphatic heterocycles. The summed E-state index contributed by atoms with van der Waals surface area (Å²) in [4.78, 5) is 19.5. The fourth-order valence-corrected chi connectivity index (χ4v) is 4.19. The molecule has 5 heteroatoms. The van der Waals surface area contributed by atoms with Crippen LogP contribution in [0.5, 0.6) is 0 Å². The minimum atomic E-state index is 0.0383. The molecule has 1 N–H and O–H groups in total. The Balaban J connectivity index is 1.33. The molecule has 5 nitrogen and oxygen atoms in total. The monoisotopic (exact) mass is 377 g/mol. The Hall–Kier alpha value is -2.82. The van der Waals surface area contributed by atoms with Crippen molar-refractivity contribution in [3.8, 4) is 0 Å². The van der Waals surface area contributed by atoms with Crippen LogP contribution in [0.2, 0.25) is 0 Å². The van der Waals surface area contributed by atoms with Crippen LogP contribution in [0.15, 0.2) is 40.8 Å². The number of anilines is 1. The summed E-state index contributed by atoms with van der Waals surface area (Å²) < 4.78 is 5.88. The van der Waals surface area contributed by atoms with Crippen molar-refractivity contribution in [1.82, 2.24) is 10.3 Å². The van der Waals surface area contributed by atoms with Gasteiger partial charge in [0.15, 0.2) is 5.58 Å². The SMILES string of the molecule is Cc1cc(C)c(C(=O)NCC2CCN(c3nc4ccccc4o3)CC2)c(C)c1. The molecule has 1 fully saturated rings. The van der Waals surface area contributed by atoms with E-state index >= 15 is 0 Å². The maximum atomic E-state index is 12.7. The van der Waals surface area contributed by atoms with Gasteiger partial charge in [-0.2, -0.15) is 4.98 Å². The Morgan fingerprint density at radius 2 is 1.82 bits per heavy atom. The van der Waals surface area contributed by atoms with E-state index in [2.05, 4.69) is 34.3 Å². The molecule has 0 radical (unpaired) electrons. The minimum Gasteiger partial charge on any atom is -0.423 e. The number of aromatic nitrogens is 1. The number of benzene rings is 2. The number of rotatable bonds is 4. The molecule has 2 aromatic carbocycles. The third kappa shape index (κ3) is 3.75. The van der Waals surface area contributed by atoms with Gasteiger partial charge in [0.05, 0.1) is 0 Å². The van der Waals surface area contributed by atoms with Crippen LogP contribution in [0, 0.1) is 26.7 Å². The predicted molar refractivity (Wildman–Crippen MR) is 112 cm³/mol. The molecular weight excluding hydrogens is 350 g/mol. The van der Waals surface area contributed by atoms with Crippen molar-refractivity contribution in [3.05, 3.63) is 58.7 Å². The summed E-state index contributed by atoms with van der Waals surface area (Å²) >= 11 is 0. The quantitative estimate of drug-likeness (QED) is 0.732. The third-order valence-corrected chi connectivity index (χ3v) is 5.62. The van der Waals surface area contributed by atoms with Gasteiger partial charge in [-0.1, -0.05) is 29.8 Å². The van der Waals surface area contributed by atoms with Crippen LogP contribution in [-0.2, 0) is 0 Å². The van der Waals surface area contributed by atoms with Crippen LogP contribution < -0.4 is 10.2 Å². The average molecular weight is 377 g/mol. The normalized spacial score (nSPS) is 15.2. The molecule has 0 spiro atoms. The van der Waals surface area contributed by atoms with Crippen LogP contribution in [0.25, 0.3) is 11.1 Å². The lowest BCUT2D eigenvalue weighted by Crippen LogP contribution is -2.39. The van der Waals surface area contributed by atoms with Gasteiger partial charge in [0.2, 0.25) is 0 Å². The van der Waals surface area contributed by atoms with Crippen molar-refractivity contribution in [2.45, 2.75) is 33.6 Å². The van der Waals surface area contributed by atoms with Crippen LogP contribution in [0.4, 0.5) is 6.01 Å². The smallest absolute Gasteiger partial charge is 0.298 e. The Morgan fingerprint density at radius 1 is 1.14 bits per heavy atom. The molecule has 0 saturated carbocycles. The summed E-state index contributed by atoms with van der Waals surface area (Å²) in [5, 5.41) is 3.15. The highest BCUT2D eigenvalue weighted by Gasteiger charge is 2.23. The molecule has 4 rings (SSSR count). The highest BCUT2D eigenvalue weighted by molar-refractivity contribution is 5.97. The number of carbonyl (C=O) groups excluding carboxylic acids is 1. The summed E-state index contributed by atoms with van der Waals surface area (Å²) in [6.07, 6.45) is 2.04. The first-order chi connectivity index (χ1) is 13.5. The first kappa shape index (κ1) is 18.5. The highest BCUT2D eigenvalue weighted by Crippen LogP contribution is 2.26. The highest BCUT2D eigenvalue weighted by atomic mass is 16.4. The molecule has 1 aliphatic rings. The second-order valence-electron chi connectivity index (χ2n) is 7.88. The number of fused-ring (bicyclic) bond motifs is 1. The molecule has 2 heterocycles. The van der Waals surface area contributed by atoms with Gasteiger partial charge in [0.1, 0.15) is 5.52 Å². The number of nitrogens with zero attached hydrogens (tertiary/aromatic N) is 2. The number of piperidine rings is 1. The second kappa shape index (κ2) is 7.66. The lowest BCUT2D eigenvalue weighted by Gasteiger charge is -2.31. The molecule has 0 aliphatic carbocycles. The Labute approximate surface area is 165 Å². The number of aryl methyl sites for hydroxylation is 3. The van der Waals surface area contributed by atoms with E-state index < -0.39 is 0 Å². The van der Waals surface area contributed by atoms with E-state index in [0.717, 1.165) is 53.7 Å². The molecule has 0 unspecified atom stereocenters. The summed E-state index contributed by atoms with van der Waals surface area (Å²) in [6.45, 7) is 8.59. The van der Waals surface area contributed by atoms with Crippen molar-refractivity contribution in [2.75, 3.05) is 24.5 Å². The van der Waals surface area contributed by atoms with E-state index in [1.165, 1.54) is 5.56 Å². The average Bonchev–Trinajstić information content (AvgIpc) is 3.10. The van der Waals surface area contributed by atoms with Gasteiger partial charge in [0, 0.05) is 25.2 Å². The lowest BCUT2D eigenvalue weighted by molar-refractivity contribution is 0.0943. The number of carbonyl (C=O) groups is 1. The van der Waals surface area contributed by atoms with E-state index in [0.29, 0.717) is 18.5 Å². The molecule has 3 aromatic rings. The van der Waals surface area contributed by atoms with Crippen molar-refractivity contribution in [1.29, 1.82) is 0 Å². The first-order valence-corrected chi connectivity index (χ1v) is 9.98. The molecule has 146 valence electrons. The fourth-order valence-electron chi connectivity index (χ4n) is 4.19. The standard InChI is InChI=1S/C23H27N3O2/c1-15-12-16(2)21(17(3)13-15)22(27)24-14-18-8-10-26(11-9-18)23-25-19-6-4-5-7-20(19)28-23/h4-7,12-13,18H,8-11,14H2,1-3H3,(H,24,27). The topological polar surface area (TPSA) is 58.4 Å². The summed E-state index contributed by atoms with van der Waals surface area (Å²) in [7, 11) is 0. The Morgan fingerprint density at radius 3 is 2.50 bits per heavy atom. The van der Waals surface area contributed by atoms with Crippen LogP contribution in [0.3, 0.4) is 0 Å². The maximum absolute atomic E-state index is 12.7. The van der Waals surface area contributed by atoms with Crippen LogP contribution in [0.1, 0.15) is 39.9 Å². The summed E-state index contributed by atoms with van der Waals surface area (Å²) in [5.41, 5.74) is 5.82. The number of nitrogens with one attached hydrogen (secondary N) is 1. The molecule has 1 saturated heterocycles. The fraction of sp³-hybridized carbons (Fsp3) is 0.391. The zero-order chi connectivity index (χ0) is 19.7. The van der Waals surface area contributed by atoms with Crippen molar-refractivity contribution in [3.63, 3.8) is 0 Å². The van der Waals surface area contributed by atoms with Crippen molar-refractivity contribution >= 4 is 23.0 Å². The van der Waals surface area contributed by atoms with E-state index in [-0.39, 0.29) is 5.91 Å². The predicted octanol–water partition coefficient (Wildman–Crippen LogP) is 4.40. The van der Waals surface area contributed by atoms with Gasteiger partial charge in [0.25, 0.3) is 11.9 Å². The van der Waals surface area contributed by atoms with Gasteiger partial charge in [-0.15, -0.1) is 0 Å². The lowest BCUT2D eigenvalue weighted by atomic mass is 9.96. The maximum Gasteiger partial charge on any atom is 0.298 e. The number of oxazole rings is 1. The molecule has 1 aromatic heterocycles. The van der Waals surface area contributed by atoms with Crippen molar-refractivity contribution in [2.24, 2.45) is 5.92 Å². The van der Waals surface area contributed by atoms with Gasteiger partial charge >= 0.3 is 0 Å². The van der Waals surface area contributed by atoms with Crippen molar-refractivity contribution < 1.29 is 9.21 Å². The number of hydrogen-bond acceptors (Lipinski definition) is 4. The molecule has 0 atom stereocenters. The minimum absolute atomic E-state index is 0.0383. The van der Waals surface area contributed by atoms with Gasteiger partial charge in [-0.3, -0.25) is 4.79 Å². The number of hydrogen-bond donors (Lipinski definition) is 1. The largest absolute Gasteiger partial charge is 0.423 e. The van der Waals surface area contributed by atoms with E-state index in [4.69, 9.17) is 4.42 Å². The van der Waals surface area contributed by atoms with Crippen LogP contribution >= 0.6 is 0 Å². The summed E-state index contributed by atoms with van der Waals surface area (Å²) in [5.74, 6) is 0.520.